The molecule has 10 heteroatoms. The van der Waals surface area contributed by atoms with E-state index in [1.165, 1.54) is 28.6 Å². The largest absolute Gasteiger partial charge is 0.326 e. The number of hydrogen-bond acceptors (Lipinski definition) is 4. The molecule has 8 nitrogen and oxygen atoms in total. The number of imidazole rings is 1. The van der Waals surface area contributed by atoms with Crippen molar-refractivity contribution in [2.75, 3.05) is 18.4 Å². The number of rotatable bonds is 4. The van der Waals surface area contributed by atoms with Crippen LogP contribution in [0.2, 0.25) is 5.02 Å². The number of hydrogen-bond donors (Lipinski definition) is 3. The number of carbonyl (C=O) groups excluding carboxylic acids is 1. The monoisotopic (exact) mass is 434 g/mol. The molecule has 1 aromatic heterocycles. The molecule has 1 atom stereocenters. The zero-order chi connectivity index (χ0) is 20.6. The number of sulfonamides is 1. The highest BCUT2D eigenvalue weighted by molar-refractivity contribution is 7.89. The maximum Gasteiger partial charge on any atom is 0.323 e. The lowest BCUT2D eigenvalue weighted by atomic mass is 9.98. The van der Waals surface area contributed by atoms with Gasteiger partial charge in [0.1, 0.15) is 0 Å². The summed E-state index contributed by atoms with van der Waals surface area (Å²) >= 11 is 5.84. The number of halogens is 1. The number of H-pyrrole nitrogens is 2. The summed E-state index contributed by atoms with van der Waals surface area (Å²) in [5.41, 5.74) is 1.45. The van der Waals surface area contributed by atoms with Crippen LogP contribution < -0.4 is 11.0 Å². The first-order valence-electron chi connectivity index (χ1n) is 9.11. The number of fused-ring (bicyclic) bond motifs is 1. The zero-order valence-corrected chi connectivity index (χ0v) is 16.9. The number of carbonyl (C=O) groups is 1. The van der Waals surface area contributed by atoms with Crippen molar-refractivity contribution in [3.05, 3.63) is 58.0 Å². The molecule has 29 heavy (non-hydrogen) atoms. The van der Waals surface area contributed by atoms with Crippen molar-refractivity contribution in [3.63, 3.8) is 0 Å². The minimum atomic E-state index is -3.69. The molecule has 1 unspecified atom stereocenters. The molecular weight excluding hydrogens is 416 g/mol. The van der Waals surface area contributed by atoms with Crippen LogP contribution >= 0.6 is 11.6 Å². The van der Waals surface area contributed by atoms with Gasteiger partial charge in [-0.05, 0) is 55.3 Å². The molecule has 1 aliphatic heterocycles. The molecule has 3 aromatic rings. The quantitative estimate of drug-likeness (QED) is 0.585. The summed E-state index contributed by atoms with van der Waals surface area (Å²) in [6, 6.07) is 11.0. The molecule has 3 N–H and O–H groups in total. The van der Waals surface area contributed by atoms with E-state index in [4.69, 9.17) is 11.6 Å². The summed E-state index contributed by atoms with van der Waals surface area (Å²) < 4.78 is 27.1. The van der Waals surface area contributed by atoms with Crippen LogP contribution in [-0.4, -0.2) is 41.7 Å². The molecule has 2 aromatic carbocycles. The summed E-state index contributed by atoms with van der Waals surface area (Å²) in [6.45, 7) is 0.477. The normalized spacial score (nSPS) is 18.0. The number of amides is 1. The van der Waals surface area contributed by atoms with Crippen molar-refractivity contribution >= 4 is 44.3 Å². The molecule has 0 spiro atoms. The Balaban J connectivity index is 1.48. The standard InChI is InChI=1S/C19H19ClN4O4S/c20-13-3-6-15(7-4-13)29(27,28)24-9-1-2-12(11-24)18(25)21-14-5-8-16-17(10-14)23-19(26)22-16/h3-8,10,12H,1-2,9,11H2,(H,21,25)(H2,22,23,26). The Morgan fingerprint density at radius 1 is 1.10 bits per heavy atom. The van der Waals surface area contributed by atoms with Gasteiger partial charge in [0.2, 0.25) is 15.9 Å². The van der Waals surface area contributed by atoms with Crippen LogP contribution in [0.25, 0.3) is 11.0 Å². The van der Waals surface area contributed by atoms with Crippen LogP contribution in [0.5, 0.6) is 0 Å². The summed E-state index contributed by atoms with van der Waals surface area (Å²) in [6.07, 6.45) is 1.19. The number of piperidine rings is 1. The van der Waals surface area contributed by atoms with Crippen molar-refractivity contribution in [1.29, 1.82) is 0 Å². The molecule has 1 aliphatic rings. The molecule has 0 aliphatic carbocycles. The van der Waals surface area contributed by atoms with Gasteiger partial charge in [0.25, 0.3) is 0 Å². The summed E-state index contributed by atoms with van der Waals surface area (Å²) in [7, 11) is -3.69. The minimum Gasteiger partial charge on any atom is -0.326 e. The third-order valence-corrected chi connectivity index (χ3v) is 7.12. The van der Waals surface area contributed by atoms with Crippen molar-refractivity contribution in [2.45, 2.75) is 17.7 Å². The van der Waals surface area contributed by atoms with Crippen LogP contribution in [0.1, 0.15) is 12.8 Å². The third-order valence-electron chi connectivity index (χ3n) is 4.99. The first-order valence-corrected chi connectivity index (χ1v) is 10.9. The number of aromatic amines is 2. The van der Waals surface area contributed by atoms with E-state index in [0.29, 0.717) is 41.1 Å². The fourth-order valence-electron chi connectivity index (χ4n) is 3.48. The van der Waals surface area contributed by atoms with E-state index in [2.05, 4.69) is 15.3 Å². The number of aromatic nitrogens is 2. The van der Waals surface area contributed by atoms with Crippen molar-refractivity contribution < 1.29 is 13.2 Å². The van der Waals surface area contributed by atoms with Gasteiger partial charge >= 0.3 is 5.69 Å². The lowest BCUT2D eigenvalue weighted by Crippen LogP contribution is -2.43. The minimum absolute atomic E-state index is 0.111. The maximum absolute atomic E-state index is 12.9. The SMILES string of the molecule is O=C(Nc1ccc2[nH]c(=O)[nH]c2c1)C1CCCN(S(=O)(=O)c2ccc(Cl)cc2)C1. The molecule has 0 saturated carbocycles. The molecule has 0 radical (unpaired) electrons. The maximum atomic E-state index is 12.9. The average Bonchev–Trinajstić information content (AvgIpc) is 3.07. The highest BCUT2D eigenvalue weighted by Gasteiger charge is 2.33. The van der Waals surface area contributed by atoms with E-state index in [9.17, 15) is 18.0 Å². The first kappa shape index (κ1) is 19.7. The lowest BCUT2D eigenvalue weighted by molar-refractivity contribution is -0.120. The van der Waals surface area contributed by atoms with Crippen LogP contribution in [-0.2, 0) is 14.8 Å². The Morgan fingerprint density at radius 2 is 1.83 bits per heavy atom. The van der Waals surface area contributed by atoms with Gasteiger partial charge in [0.05, 0.1) is 21.8 Å². The predicted octanol–water partition coefficient (Wildman–Crippen LogP) is 2.55. The number of nitrogens with one attached hydrogen (secondary N) is 3. The first-order chi connectivity index (χ1) is 13.8. The second-order valence-corrected chi connectivity index (χ2v) is 9.36. The summed E-state index contributed by atoms with van der Waals surface area (Å²) in [5.74, 6) is -0.718. The fraction of sp³-hybridized carbons (Fsp3) is 0.263. The Kier molecular flexibility index (Phi) is 5.20. The molecular formula is C19H19ClN4O4S. The second-order valence-electron chi connectivity index (χ2n) is 6.98. The van der Waals surface area contributed by atoms with Gasteiger partial charge < -0.3 is 15.3 Å². The van der Waals surface area contributed by atoms with Crippen molar-refractivity contribution in [3.8, 4) is 0 Å². The molecule has 1 fully saturated rings. The summed E-state index contributed by atoms with van der Waals surface area (Å²) in [5, 5.41) is 3.28. The van der Waals surface area contributed by atoms with Crippen molar-refractivity contribution in [1.82, 2.24) is 14.3 Å². The Hall–Kier alpha value is -2.62. The Bertz CT molecular complexity index is 1220. The van der Waals surface area contributed by atoms with E-state index in [0.717, 1.165) is 0 Å². The van der Waals surface area contributed by atoms with Gasteiger partial charge in [-0.2, -0.15) is 4.31 Å². The van der Waals surface area contributed by atoms with Gasteiger partial charge in [-0.25, -0.2) is 13.2 Å². The predicted molar refractivity (Wildman–Crippen MR) is 110 cm³/mol. The highest BCUT2D eigenvalue weighted by Crippen LogP contribution is 2.26. The average molecular weight is 435 g/mol. The molecule has 2 heterocycles. The van der Waals surface area contributed by atoms with Crippen LogP contribution in [0.3, 0.4) is 0 Å². The van der Waals surface area contributed by atoms with Gasteiger partial charge in [-0.1, -0.05) is 11.6 Å². The number of anilines is 1. The van der Waals surface area contributed by atoms with E-state index >= 15 is 0 Å². The van der Waals surface area contributed by atoms with E-state index < -0.39 is 15.9 Å². The number of benzene rings is 2. The van der Waals surface area contributed by atoms with Crippen LogP contribution in [0, 0.1) is 5.92 Å². The van der Waals surface area contributed by atoms with E-state index in [1.54, 1.807) is 18.2 Å². The smallest absolute Gasteiger partial charge is 0.323 e. The molecule has 1 saturated heterocycles. The molecule has 1 amide bonds. The Morgan fingerprint density at radius 3 is 2.59 bits per heavy atom. The highest BCUT2D eigenvalue weighted by atomic mass is 35.5. The lowest BCUT2D eigenvalue weighted by Gasteiger charge is -2.31. The topological polar surface area (TPSA) is 115 Å². The van der Waals surface area contributed by atoms with Gasteiger partial charge in [-0.15, -0.1) is 0 Å². The molecule has 4 rings (SSSR count). The Labute approximate surface area is 171 Å². The van der Waals surface area contributed by atoms with Crippen LogP contribution in [0.4, 0.5) is 5.69 Å². The van der Waals surface area contributed by atoms with Crippen LogP contribution in [0.15, 0.2) is 52.2 Å². The second kappa shape index (κ2) is 7.66. The molecule has 152 valence electrons. The van der Waals surface area contributed by atoms with E-state index in [-0.39, 0.29) is 23.0 Å². The third kappa shape index (κ3) is 4.07. The molecule has 0 bridgehead atoms. The van der Waals surface area contributed by atoms with E-state index in [1.807, 2.05) is 0 Å². The van der Waals surface area contributed by atoms with Gasteiger partial charge in [0.15, 0.2) is 0 Å². The number of nitrogens with zero attached hydrogens (tertiary/aromatic N) is 1. The van der Waals surface area contributed by atoms with Crippen molar-refractivity contribution in [2.24, 2.45) is 5.92 Å². The summed E-state index contributed by atoms with van der Waals surface area (Å²) in [4.78, 5) is 29.5. The fourth-order valence-corrected chi connectivity index (χ4v) is 5.13. The van der Waals surface area contributed by atoms with Gasteiger partial charge in [0, 0.05) is 23.8 Å². The van der Waals surface area contributed by atoms with Gasteiger partial charge in [-0.3, -0.25) is 4.79 Å². The zero-order valence-electron chi connectivity index (χ0n) is 15.3.